The molecule has 1 aliphatic heterocycles. The van der Waals surface area contributed by atoms with Crippen molar-refractivity contribution >= 4 is 29.1 Å². The molecule has 2 aliphatic rings. The lowest BCUT2D eigenvalue weighted by Gasteiger charge is -2.35. The topological polar surface area (TPSA) is 78.5 Å². The Kier molecular flexibility index (Phi) is 6.18. The molecule has 3 amide bonds. The molecule has 1 aromatic carbocycles. The Morgan fingerprint density at radius 3 is 2.33 bits per heavy atom. The molecule has 2 N–H and O–H groups in total. The average Bonchev–Trinajstić information content (AvgIpc) is 3.39. The first-order valence-corrected chi connectivity index (χ1v) is 11.4. The van der Waals surface area contributed by atoms with Crippen molar-refractivity contribution < 1.29 is 14.4 Å². The van der Waals surface area contributed by atoms with Crippen LogP contribution in [0.1, 0.15) is 51.3 Å². The van der Waals surface area contributed by atoms with E-state index in [2.05, 4.69) is 10.6 Å². The fourth-order valence-electron chi connectivity index (χ4n) is 3.85. The third-order valence-electron chi connectivity index (χ3n) is 5.83. The van der Waals surface area contributed by atoms with Crippen molar-refractivity contribution in [1.82, 2.24) is 15.5 Å². The number of nitrogens with one attached hydrogen (secondary N) is 2. The standard InChI is InChI=1S/C23H27N3O3S/c1-15-4-6-17(7-5-15)23(29)26-12-10-16(11-13-26)20(22(28)24-18-8-9-18)25-21(27)19-3-2-14-30-19/h2-7,14,16,18,20H,8-13H2,1H3,(H,24,28)(H,25,27)/t20-/m1/s1. The van der Waals surface area contributed by atoms with Crippen molar-refractivity contribution in [2.24, 2.45) is 5.92 Å². The highest BCUT2D eigenvalue weighted by atomic mass is 32.1. The van der Waals surface area contributed by atoms with Gasteiger partial charge in [0.25, 0.3) is 11.8 Å². The van der Waals surface area contributed by atoms with E-state index >= 15 is 0 Å². The highest BCUT2D eigenvalue weighted by molar-refractivity contribution is 7.12. The molecule has 0 unspecified atom stereocenters. The number of carbonyl (C=O) groups is 3. The van der Waals surface area contributed by atoms with Gasteiger partial charge in [-0.2, -0.15) is 0 Å². The molecule has 7 heteroatoms. The monoisotopic (exact) mass is 425 g/mol. The molecule has 4 rings (SSSR count). The van der Waals surface area contributed by atoms with E-state index < -0.39 is 6.04 Å². The minimum absolute atomic E-state index is 0.00901. The number of hydrogen-bond donors (Lipinski definition) is 2. The maximum absolute atomic E-state index is 12.9. The maximum atomic E-state index is 12.9. The molecule has 2 fully saturated rings. The Morgan fingerprint density at radius 2 is 1.73 bits per heavy atom. The summed E-state index contributed by atoms with van der Waals surface area (Å²) in [4.78, 5) is 40.7. The molecule has 2 heterocycles. The van der Waals surface area contributed by atoms with Crippen molar-refractivity contribution in [2.45, 2.75) is 44.7 Å². The summed E-state index contributed by atoms with van der Waals surface area (Å²) in [6, 6.07) is 10.9. The Labute approximate surface area is 180 Å². The van der Waals surface area contributed by atoms with Crippen LogP contribution in [0, 0.1) is 12.8 Å². The predicted molar refractivity (Wildman–Crippen MR) is 117 cm³/mol. The van der Waals surface area contributed by atoms with E-state index in [0.717, 1.165) is 18.4 Å². The van der Waals surface area contributed by atoms with E-state index in [-0.39, 0.29) is 29.7 Å². The molecule has 158 valence electrons. The van der Waals surface area contributed by atoms with Crippen LogP contribution in [0.3, 0.4) is 0 Å². The van der Waals surface area contributed by atoms with Gasteiger partial charge in [0, 0.05) is 24.7 Å². The van der Waals surface area contributed by atoms with E-state index in [1.54, 1.807) is 6.07 Å². The Bertz CT molecular complexity index is 898. The van der Waals surface area contributed by atoms with E-state index in [9.17, 15) is 14.4 Å². The highest BCUT2D eigenvalue weighted by Crippen LogP contribution is 2.25. The van der Waals surface area contributed by atoms with Gasteiger partial charge in [0.05, 0.1) is 4.88 Å². The zero-order valence-electron chi connectivity index (χ0n) is 17.1. The number of nitrogens with zero attached hydrogens (tertiary/aromatic N) is 1. The predicted octanol–water partition coefficient (Wildman–Crippen LogP) is 2.99. The maximum Gasteiger partial charge on any atom is 0.262 e. The lowest BCUT2D eigenvalue weighted by atomic mass is 9.88. The quantitative estimate of drug-likeness (QED) is 0.747. The molecule has 1 atom stereocenters. The van der Waals surface area contributed by atoms with E-state index in [0.29, 0.717) is 36.4 Å². The number of hydrogen-bond acceptors (Lipinski definition) is 4. The molecule has 1 saturated heterocycles. The normalized spacial score (nSPS) is 18.0. The highest BCUT2D eigenvalue weighted by Gasteiger charge is 2.36. The molecule has 0 spiro atoms. The van der Waals surface area contributed by atoms with Gasteiger partial charge in [-0.15, -0.1) is 11.3 Å². The van der Waals surface area contributed by atoms with Crippen molar-refractivity contribution in [3.05, 3.63) is 57.8 Å². The van der Waals surface area contributed by atoms with Gasteiger partial charge < -0.3 is 15.5 Å². The Balaban J connectivity index is 1.40. The fourth-order valence-corrected chi connectivity index (χ4v) is 4.48. The summed E-state index contributed by atoms with van der Waals surface area (Å²) in [5, 5.41) is 7.85. The van der Waals surface area contributed by atoms with Gasteiger partial charge in [0.1, 0.15) is 6.04 Å². The molecule has 6 nitrogen and oxygen atoms in total. The number of benzene rings is 1. The van der Waals surface area contributed by atoms with Crippen LogP contribution in [0.15, 0.2) is 41.8 Å². The molecule has 1 aromatic heterocycles. The molecule has 1 aliphatic carbocycles. The molecule has 2 aromatic rings. The van der Waals surface area contributed by atoms with Gasteiger partial charge in [-0.05, 0) is 62.1 Å². The second-order valence-corrected chi connectivity index (χ2v) is 9.15. The van der Waals surface area contributed by atoms with Crippen LogP contribution in [0.2, 0.25) is 0 Å². The van der Waals surface area contributed by atoms with Crippen LogP contribution >= 0.6 is 11.3 Å². The summed E-state index contributed by atoms with van der Waals surface area (Å²) in [6.45, 7) is 3.16. The fraction of sp³-hybridized carbons (Fsp3) is 0.435. The van der Waals surface area contributed by atoms with E-state index in [1.807, 2.05) is 47.5 Å². The third kappa shape index (κ3) is 4.90. The van der Waals surface area contributed by atoms with Crippen LogP contribution in [0.4, 0.5) is 0 Å². The van der Waals surface area contributed by atoms with Crippen LogP contribution in [0.5, 0.6) is 0 Å². The van der Waals surface area contributed by atoms with E-state index in [1.165, 1.54) is 11.3 Å². The number of rotatable bonds is 6. The lowest BCUT2D eigenvalue weighted by Crippen LogP contribution is -2.54. The first-order valence-electron chi connectivity index (χ1n) is 10.5. The largest absolute Gasteiger partial charge is 0.352 e. The first-order chi connectivity index (χ1) is 14.5. The number of carbonyl (C=O) groups excluding carboxylic acids is 3. The average molecular weight is 426 g/mol. The van der Waals surface area contributed by atoms with Crippen LogP contribution in [0.25, 0.3) is 0 Å². The first kappa shape index (κ1) is 20.6. The lowest BCUT2D eigenvalue weighted by molar-refractivity contribution is -0.124. The molecule has 0 radical (unpaired) electrons. The number of thiophene rings is 1. The van der Waals surface area contributed by atoms with Gasteiger partial charge in [0.2, 0.25) is 5.91 Å². The summed E-state index contributed by atoms with van der Waals surface area (Å²) in [5.41, 5.74) is 1.81. The van der Waals surface area contributed by atoms with Crippen molar-refractivity contribution in [3.8, 4) is 0 Å². The second-order valence-electron chi connectivity index (χ2n) is 8.21. The summed E-state index contributed by atoms with van der Waals surface area (Å²) in [6.07, 6.45) is 3.37. The smallest absolute Gasteiger partial charge is 0.262 e. The zero-order chi connectivity index (χ0) is 21.1. The Morgan fingerprint density at radius 1 is 1.03 bits per heavy atom. The summed E-state index contributed by atoms with van der Waals surface area (Å²) < 4.78 is 0. The molecule has 30 heavy (non-hydrogen) atoms. The molecule has 1 saturated carbocycles. The van der Waals surface area contributed by atoms with Gasteiger partial charge in [-0.3, -0.25) is 14.4 Å². The van der Waals surface area contributed by atoms with Gasteiger partial charge >= 0.3 is 0 Å². The number of likely N-dealkylation sites (tertiary alicyclic amines) is 1. The summed E-state index contributed by atoms with van der Waals surface area (Å²) in [7, 11) is 0. The molecule has 0 bridgehead atoms. The van der Waals surface area contributed by atoms with Crippen molar-refractivity contribution in [2.75, 3.05) is 13.1 Å². The second kappa shape index (κ2) is 9.00. The number of amides is 3. The van der Waals surface area contributed by atoms with Gasteiger partial charge in [-0.25, -0.2) is 0 Å². The molecular formula is C23H27N3O3S. The SMILES string of the molecule is Cc1ccc(C(=O)N2CCC([C@@H](NC(=O)c3cccs3)C(=O)NC3CC3)CC2)cc1. The van der Waals surface area contributed by atoms with Gasteiger partial charge in [-0.1, -0.05) is 23.8 Å². The third-order valence-corrected chi connectivity index (χ3v) is 6.70. The van der Waals surface area contributed by atoms with E-state index in [4.69, 9.17) is 0 Å². The molecular weight excluding hydrogens is 398 g/mol. The number of aryl methyl sites for hydroxylation is 1. The van der Waals surface area contributed by atoms with Crippen LogP contribution in [-0.2, 0) is 4.79 Å². The van der Waals surface area contributed by atoms with Crippen LogP contribution < -0.4 is 10.6 Å². The number of piperidine rings is 1. The van der Waals surface area contributed by atoms with Crippen molar-refractivity contribution in [3.63, 3.8) is 0 Å². The van der Waals surface area contributed by atoms with Crippen molar-refractivity contribution in [1.29, 1.82) is 0 Å². The van der Waals surface area contributed by atoms with Gasteiger partial charge in [0.15, 0.2) is 0 Å². The minimum atomic E-state index is -0.572. The summed E-state index contributed by atoms with van der Waals surface area (Å²) >= 11 is 1.36. The minimum Gasteiger partial charge on any atom is -0.352 e. The zero-order valence-corrected chi connectivity index (χ0v) is 17.9. The van der Waals surface area contributed by atoms with Crippen LogP contribution in [-0.4, -0.2) is 47.8 Å². The Hall–Kier alpha value is -2.67. The summed E-state index contributed by atoms with van der Waals surface area (Å²) in [5.74, 6) is -0.283.